The maximum absolute atomic E-state index is 15.5. The number of carbonyl (C=O) groups excluding carboxylic acids is 15. The molecule has 1 aliphatic heterocycles. The van der Waals surface area contributed by atoms with E-state index in [0.29, 0.717) is 58.6 Å². The largest absolute Gasteiger partial charge is 0.394 e. The van der Waals surface area contributed by atoms with Gasteiger partial charge < -0.3 is 90.2 Å². The van der Waals surface area contributed by atoms with Crippen molar-refractivity contribution in [3.63, 3.8) is 0 Å². The second kappa shape index (κ2) is 46.5. The number of likely N-dealkylation sites (tertiary alicyclic amines) is 1. The van der Waals surface area contributed by atoms with Gasteiger partial charge in [0.25, 0.3) is 0 Å². The molecule has 1 fully saturated rings. The van der Waals surface area contributed by atoms with Crippen LogP contribution in [0.5, 0.6) is 0 Å². The first kappa shape index (κ1) is 92.9. The number of nitrogens with two attached hydrogens (primary N) is 1. The van der Waals surface area contributed by atoms with Crippen LogP contribution in [0.2, 0.25) is 5.02 Å². The average molecular weight is 1650 g/mol. The van der Waals surface area contributed by atoms with Crippen molar-refractivity contribution < 1.29 is 77.0 Å². The lowest BCUT2D eigenvalue weighted by Gasteiger charge is -2.31. The fraction of sp³-hybridized carbons (Fsp3) is 0.429. The van der Waals surface area contributed by atoms with E-state index in [-0.39, 0.29) is 87.9 Å². The van der Waals surface area contributed by atoms with Crippen molar-refractivity contribution in [2.24, 2.45) is 11.7 Å². The van der Waals surface area contributed by atoms with E-state index in [9.17, 15) is 57.8 Å². The highest BCUT2D eigenvalue weighted by atomic mass is 35.5. The Kier molecular flexibility index (Phi) is 36.6. The molecule has 34 heteroatoms. The highest BCUT2D eigenvalue weighted by Crippen LogP contribution is 2.23. The van der Waals surface area contributed by atoms with Gasteiger partial charge in [0, 0.05) is 94.3 Å². The number of fused-ring (bicyclic) bond motifs is 1. The summed E-state index contributed by atoms with van der Waals surface area (Å²) < 4.78 is 0. The highest BCUT2D eigenvalue weighted by Gasteiger charge is 2.41. The molecule has 2 heterocycles. The number of amides is 15. The molecule has 33 nitrogen and oxygen atoms in total. The number of pyridine rings is 1. The molecule has 0 unspecified atom stereocenters. The Morgan fingerprint density at radius 3 is 1.39 bits per heavy atom. The van der Waals surface area contributed by atoms with Gasteiger partial charge in [-0.1, -0.05) is 124 Å². The maximum Gasteiger partial charge on any atom is 0.245 e. The van der Waals surface area contributed by atoms with Gasteiger partial charge in [-0.15, -0.1) is 0 Å². The van der Waals surface area contributed by atoms with Crippen LogP contribution in [0.3, 0.4) is 0 Å². The molecule has 17 N–H and O–H groups in total. The van der Waals surface area contributed by atoms with Crippen LogP contribution in [0, 0.1) is 5.92 Å². The molecule has 1 saturated heterocycles. The van der Waals surface area contributed by atoms with Crippen LogP contribution in [0.15, 0.2) is 140 Å². The molecular formula is C84H108ClN17O16. The first-order valence-electron chi connectivity index (χ1n) is 39.2. The lowest BCUT2D eigenvalue weighted by atomic mass is 9.99. The van der Waals surface area contributed by atoms with Crippen molar-refractivity contribution in [2.45, 2.75) is 192 Å². The van der Waals surface area contributed by atoms with E-state index in [4.69, 9.17) is 17.3 Å². The van der Waals surface area contributed by atoms with E-state index in [1.165, 1.54) is 93.5 Å². The van der Waals surface area contributed by atoms with E-state index in [1.807, 2.05) is 56.3 Å². The number of unbranched alkanes of at least 4 members (excludes halogenated alkanes) is 1. The molecule has 15 amide bonds. The minimum Gasteiger partial charge on any atom is -0.394 e. The number of aliphatic hydroxyl groups is 1. The third kappa shape index (κ3) is 31.1. The number of hydrogen-bond donors (Lipinski definition) is 16. The number of primary amides is 1. The number of hydrogen-bond acceptors (Lipinski definition) is 18. The molecule has 632 valence electrons. The summed E-state index contributed by atoms with van der Waals surface area (Å²) in [5.41, 5.74) is 8.32. The molecule has 0 aliphatic carbocycles. The molecule has 1 aromatic heterocycles. The van der Waals surface area contributed by atoms with Gasteiger partial charge in [-0.05, 0) is 139 Å². The zero-order valence-corrected chi connectivity index (χ0v) is 68.2. The zero-order valence-electron chi connectivity index (χ0n) is 67.4. The Balaban J connectivity index is 1.22. The number of aromatic nitrogens is 1. The van der Waals surface area contributed by atoms with Crippen molar-refractivity contribution in [3.05, 3.63) is 173 Å². The van der Waals surface area contributed by atoms with Crippen LogP contribution in [-0.4, -0.2) is 203 Å². The fourth-order valence-corrected chi connectivity index (χ4v) is 13.2. The molecule has 7 rings (SSSR count). The molecule has 0 radical (unpaired) electrons. The Labute approximate surface area is 689 Å². The lowest BCUT2D eigenvalue weighted by molar-refractivity contribution is -0.142. The minimum absolute atomic E-state index is 0.00828. The standard InChI is InChI=1S/C84H108ClN17O16/c1-48(2)37-65(76(110)95-64(18-11-12-35-88-49(3)4)84(118)102-36-14-19-72(102)83(117)91-50(5)75(86)109)96-78(112)68(40-55-23-30-62(31-24-55)93-73(107)45-89-51(6)104)98-80(114)69(41-56-25-32-63(33-26-56)94-74(108)46-90-52(7)105)100-82(116)71(47-103)101-81(115)70(43-58-15-13-34-87-44-58)99-79(113)67(39-54-21-28-61(85)29-22-54)97-77(111)66(92-53(8)106)42-57-20-27-59-16-9-10-17-60(59)38-57/h9-10,13,15-17,20-34,38,44,48-50,64-72,88,103H,11-12,14,18-19,35-37,39-43,45-47H2,1-8H3,(H2,86,109)(H,89,104)(H,90,105)(H,91,117)(H,92,106)(H,93,107)(H,94,108)(H,95,110)(H,96,112)(H,97,111)(H,98,114)(H,99,113)(H,100,116)(H,101,115)/t50-,64+,65+,66-,67-,68-,69+,70-,71+,72+/m1/s1. The molecular weight excluding hydrogens is 1540 g/mol. The summed E-state index contributed by atoms with van der Waals surface area (Å²) in [6.07, 6.45) is 3.47. The van der Waals surface area contributed by atoms with Crippen molar-refractivity contribution in [2.75, 3.05) is 43.4 Å². The number of nitrogens with one attached hydrogen (secondary N) is 14. The summed E-state index contributed by atoms with van der Waals surface area (Å²) in [4.78, 5) is 213. The zero-order chi connectivity index (χ0) is 86.1. The van der Waals surface area contributed by atoms with E-state index in [0.717, 1.165) is 10.8 Å². The first-order chi connectivity index (χ1) is 56.2. The molecule has 10 atom stereocenters. The van der Waals surface area contributed by atoms with Crippen molar-refractivity contribution >= 4 is 122 Å². The highest BCUT2D eigenvalue weighted by molar-refractivity contribution is 6.30. The Bertz CT molecular complexity index is 4500. The van der Waals surface area contributed by atoms with Crippen molar-refractivity contribution in [1.82, 2.24) is 73.7 Å². The summed E-state index contributed by atoms with van der Waals surface area (Å²) in [6.45, 7) is 11.5. The van der Waals surface area contributed by atoms with Gasteiger partial charge in [-0.3, -0.25) is 76.9 Å². The van der Waals surface area contributed by atoms with Crippen LogP contribution < -0.4 is 80.2 Å². The summed E-state index contributed by atoms with van der Waals surface area (Å²) in [5, 5.41) is 51.1. The van der Waals surface area contributed by atoms with Gasteiger partial charge in [0.15, 0.2) is 0 Å². The van der Waals surface area contributed by atoms with Gasteiger partial charge in [-0.25, -0.2) is 0 Å². The van der Waals surface area contributed by atoms with Gasteiger partial charge in [0.05, 0.1) is 19.7 Å². The van der Waals surface area contributed by atoms with Gasteiger partial charge in [-0.2, -0.15) is 0 Å². The molecule has 118 heavy (non-hydrogen) atoms. The molecule has 0 bridgehead atoms. The first-order valence-corrected chi connectivity index (χ1v) is 39.6. The quantitative estimate of drug-likeness (QED) is 0.0242. The van der Waals surface area contributed by atoms with Crippen LogP contribution >= 0.6 is 11.6 Å². The smallest absolute Gasteiger partial charge is 0.245 e. The number of nitrogens with zero attached hydrogens (tertiary/aromatic N) is 2. The summed E-state index contributed by atoms with van der Waals surface area (Å²) in [6, 6.07) is 20.7. The summed E-state index contributed by atoms with van der Waals surface area (Å²) in [7, 11) is 0. The van der Waals surface area contributed by atoms with E-state index in [2.05, 4.69) is 79.4 Å². The Morgan fingerprint density at radius 1 is 0.483 bits per heavy atom. The van der Waals surface area contributed by atoms with E-state index in [1.54, 1.807) is 50.2 Å². The second-order valence-electron chi connectivity index (χ2n) is 29.9. The minimum atomic E-state index is -1.91. The van der Waals surface area contributed by atoms with E-state index >= 15 is 19.2 Å². The number of rotatable bonds is 44. The Hall–Kier alpha value is -12.2. The van der Waals surface area contributed by atoms with Crippen LogP contribution in [-0.2, 0) is 104 Å². The maximum atomic E-state index is 15.5. The van der Waals surface area contributed by atoms with E-state index < -0.39 is 162 Å². The summed E-state index contributed by atoms with van der Waals surface area (Å²) in [5.74, 6) is -11.5. The third-order valence-electron chi connectivity index (χ3n) is 19.2. The number of aliphatic hydroxyl groups excluding tert-OH is 1. The van der Waals surface area contributed by atoms with Gasteiger partial charge >= 0.3 is 0 Å². The normalized spacial score (nSPS) is 14.7. The van der Waals surface area contributed by atoms with Crippen LogP contribution in [0.25, 0.3) is 10.8 Å². The molecule has 0 saturated carbocycles. The molecule has 0 spiro atoms. The van der Waals surface area contributed by atoms with Gasteiger partial charge in [0.2, 0.25) is 88.6 Å². The number of benzene rings is 5. The molecule has 6 aromatic rings. The second-order valence-corrected chi connectivity index (χ2v) is 30.4. The van der Waals surface area contributed by atoms with Crippen molar-refractivity contribution in [3.8, 4) is 0 Å². The topological polar surface area (TPSA) is 487 Å². The molecule has 5 aromatic carbocycles. The number of carbonyl (C=O) groups is 15. The monoisotopic (exact) mass is 1650 g/mol. The van der Waals surface area contributed by atoms with Crippen LogP contribution in [0.1, 0.15) is 122 Å². The number of halogens is 1. The predicted molar refractivity (Wildman–Crippen MR) is 442 cm³/mol. The fourth-order valence-electron chi connectivity index (χ4n) is 13.1. The Morgan fingerprint density at radius 2 is 0.924 bits per heavy atom. The third-order valence-corrected chi connectivity index (χ3v) is 19.5. The number of anilines is 2. The average Bonchev–Trinajstić information content (AvgIpc) is 1.39. The van der Waals surface area contributed by atoms with Gasteiger partial charge in [0.1, 0.15) is 60.4 Å². The van der Waals surface area contributed by atoms with Crippen LogP contribution in [0.4, 0.5) is 11.4 Å². The predicted octanol–water partition coefficient (Wildman–Crippen LogP) is 1.64. The summed E-state index contributed by atoms with van der Waals surface area (Å²) >= 11 is 6.27. The lowest BCUT2D eigenvalue weighted by Crippen LogP contribution is -2.62. The molecule has 1 aliphatic rings. The SMILES string of the molecule is CC(=O)NCC(=O)Nc1ccc(C[C@H](NC(=O)[C@H](CO)NC(=O)[C@@H](Cc2cccnc2)NC(=O)[C@@H](Cc2ccc(Cl)cc2)NC(=O)[C@@H](Cc2ccc3ccccc3c2)NC(C)=O)C(=O)N[C@H](Cc2ccc(NC(=O)CNC(C)=O)cc2)C(=O)N[C@@H](CC(C)C)C(=O)N[C@@H](CCCCNC(C)C)C(=O)N2CCC[C@H]2C(=O)N[C@H](C)C(N)=O)cc1. The van der Waals surface area contributed by atoms with Crippen molar-refractivity contribution in [1.29, 1.82) is 0 Å².